The summed E-state index contributed by atoms with van der Waals surface area (Å²) in [6.45, 7) is 4.58. The average Bonchev–Trinajstić information content (AvgIpc) is 2.51. The fraction of sp³-hybridized carbons (Fsp3) is 0.333. The first-order chi connectivity index (χ1) is 10.2. The van der Waals surface area contributed by atoms with Gasteiger partial charge in [-0.3, -0.25) is 4.79 Å². The van der Waals surface area contributed by atoms with Crippen LogP contribution < -0.4 is 21.1 Å². The van der Waals surface area contributed by atoms with Crippen molar-refractivity contribution in [2.24, 2.45) is 10.7 Å². The number of carbonyl (C=O) groups is 1. The zero-order chi connectivity index (χ0) is 15.1. The van der Waals surface area contributed by atoms with Crippen LogP contribution in [0.1, 0.15) is 18.0 Å². The van der Waals surface area contributed by atoms with E-state index in [1.54, 1.807) is 6.08 Å². The molecule has 1 aromatic carbocycles. The first-order valence-corrected chi connectivity index (χ1v) is 6.86. The van der Waals surface area contributed by atoms with Gasteiger partial charge in [-0.1, -0.05) is 24.3 Å². The zero-order valence-electron chi connectivity index (χ0n) is 12.2. The molecular weight excluding hydrogens is 395 g/mol. The van der Waals surface area contributed by atoms with Crippen molar-refractivity contribution in [3.05, 3.63) is 42.5 Å². The summed E-state index contributed by atoms with van der Waals surface area (Å²) in [5.74, 6) is 0.926. The molecule has 0 spiro atoms. The van der Waals surface area contributed by atoms with Gasteiger partial charge in [0.1, 0.15) is 12.3 Å². The van der Waals surface area contributed by atoms with Crippen molar-refractivity contribution in [1.82, 2.24) is 10.6 Å². The molecule has 1 aliphatic heterocycles. The molecule has 1 heterocycles. The largest absolute Gasteiger partial charge is 0.493 e. The summed E-state index contributed by atoms with van der Waals surface area (Å²) in [6.07, 6.45) is 2.41. The Morgan fingerprint density at radius 3 is 3.05 bits per heavy atom. The lowest BCUT2D eigenvalue weighted by atomic mass is 10.0. The van der Waals surface area contributed by atoms with Gasteiger partial charge in [-0.25, -0.2) is 4.99 Å². The van der Waals surface area contributed by atoms with Crippen LogP contribution in [0.25, 0.3) is 0 Å². The molecular formula is C15H21IN4O2. The Hall–Kier alpha value is -1.77. The van der Waals surface area contributed by atoms with E-state index in [4.69, 9.17) is 10.5 Å². The van der Waals surface area contributed by atoms with Crippen LogP contribution in [0, 0.1) is 0 Å². The molecule has 1 aromatic rings. The summed E-state index contributed by atoms with van der Waals surface area (Å²) in [7, 11) is 0. The highest BCUT2D eigenvalue weighted by atomic mass is 127. The van der Waals surface area contributed by atoms with Gasteiger partial charge in [-0.15, -0.1) is 30.6 Å². The van der Waals surface area contributed by atoms with Crippen LogP contribution in [-0.2, 0) is 4.79 Å². The zero-order valence-corrected chi connectivity index (χ0v) is 14.6. The third-order valence-corrected chi connectivity index (χ3v) is 3.12. The topological polar surface area (TPSA) is 88.7 Å². The van der Waals surface area contributed by atoms with Crippen molar-refractivity contribution in [2.45, 2.75) is 12.5 Å². The van der Waals surface area contributed by atoms with Crippen LogP contribution >= 0.6 is 24.0 Å². The van der Waals surface area contributed by atoms with Crippen molar-refractivity contribution in [3.63, 3.8) is 0 Å². The number of fused-ring (bicyclic) bond motifs is 1. The van der Waals surface area contributed by atoms with E-state index in [9.17, 15) is 4.79 Å². The quantitative estimate of drug-likeness (QED) is 0.293. The Labute approximate surface area is 147 Å². The van der Waals surface area contributed by atoms with E-state index in [1.807, 2.05) is 24.3 Å². The Morgan fingerprint density at radius 2 is 2.27 bits per heavy atom. The van der Waals surface area contributed by atoms with Crippen molar-refractivity contribution >= 4 is 35.8 Å². The van der Waals surface area contributed by atoms with Crippen LogP contribution in [0.2, 0.25) is 0 Å². The van der Waals surface area contributed by atoms with Gasteiger partial charge in [0.2, 0.25) is 5.91 Å². The molecule has 1 amide bonds. The minimum Gasteiger partial charge on any atom is -0.493 e. The van der Waals surface area contributed by atoms with Crippen molar-refractivity contribution in [2.75, 3.05) is 19.7 Å². The molecule has 0 aliphatic carbocycles. The Morgan fingerprint density at radius 1 is 1.50 bits per heavy atom. The monoisotopic (exact) mass is 416 g/mol. The van der Waals surface area contributed by atoms with Gasteiger partial charge in [-0.2, -0.15) is 0 Å². The highest BCUT2D eigenvalue weighted by Gasteiger charge is 2.21. The number of nitrogens with two attached hydrogens (primary N) is 1. The summed E-state index contributed by atoms with van der Waals surface area (Å²) in [4.78, 5) is 15.5. The first-order valence-electron chi connectivity index (χ1n) is 6.86. The second-order valence-corrected chi connectivity index (χ2v) is 4.67. The lowest BCUT2D eigenvalue weighted by Gasteiger charge is -2.26. The average molecular weight is 416 g/mol. The number of para-hydroxylation sites is 1. The molecule has 120 valence electrons. The molecule has 0 saturated heterocycles. The van der Waals surface area contributed by atoms with Gasteiger partial charge < -0.3 is 21.1 Å². The van der Waals surface area contributed by atoms with Crippen LogP contribution in [0.4, 0.5) is 0 Å². The molecule has 22 heavy (non-hydrogen) atoms. The summed E-state index contributed by atoms with van der Waals surface area (Å²) < 4.78 is 5.58. The second kappa shape index (κ2) is 9.29. The van der Waals surface area contributed by atoms with E-state index in [0.717, 1.165) is 17.7 Å². The molecule has 4 N–H and O–H groups in total. The normalized spacial score (nSPS) is 16.5. The van der Waals surface area contributed by atoms with E-state index >= 15 is 0 Å². The van der Waals surface area contributed by atoms with Gasteiger partial charge in [0.05, 0.1) is 12.6 Å². The molecule has 0 bridgehead atoms. The van der Waals surface area contributed by atoms with E-state index in [1.165, 1.54) is 0 Å². The standard InChI is InChI=1S/C15H20N4O2.HI/c1-2-8-17-14(20)10-18-15(16)19-12-7-9-21-13-6-4-3-5-11(12)13;/h2-6,12H,1,7-10H2,(H,17,20)(H3,16,18,19);1H. The second-order valence-electron chi connectivity index (χ2n) is 4.67. The third-order valence-electron chi connectivity index (χ3n) is 3.12. The number of hydrogen-bond acceptors (Lipinski definition) is 3. The van der Waals surface area contributed by atoms with E-state index in [-0.39, 0.29) is 48.4 Å². The maximum absolute atomic E-state index is 11.4. The molecule has 1 aliphatic rings. The lowest BCUT2D eigenvalue weighted by Crippen LogP contribution is -2.38. The first kappa shape index (κ1) is 18.3. The number of hydrogen-bond donors (Lipinski definition) is 3. The molecule has 0 aromatic heterocycles. The minimum atomic E-state index is -0.188. The van der Waals surface area contributed by atoms with Gasteiger partial charge in [0, 0.05) is 18.5 Å². The van der Waals surface area contributed by atoms with Crippen LogP contribution in [-0.4, -0.2) is 31.6 Å². The lowest BCUT2D eigenvalue weighted by molar-refractivity contribution is -0.119. The number of nitrogens with zero attached hydrogens (tertiary/aromatic N) is 1. The van der Waals surface area contributed by atoms with Crippen molar-refractivity contribution in [3.8, 4) is 5.75 Å². The van der Waals surface area contributed by atoms with E-state index in [2.05, 4.69) is 22.2 Å². The number of rotatable bonds is 5. The fourth-order valence-electron chi connectivity index (χ4n) is 2.12. The molecule has 0 radical (unpaired) electrons. The van der Waals surface area contributed by atoms with Crippen LogP contribution in [0.5, 0.6) is 5.75 Å². The van der Waals surface area contributed by atoms with E-state index < -0.39 is 0 Å². The highest BCUT2D eigenvalue weighted by Crippen LogP contribution is 2.31. The predicted molar refractivity (Wildman–Crippen MR) is 97.5 cm³/mol. The van der Waals surface area contributed by atoms with Crippen LogP contribution in [0.15, 0.2) is 41.9 Å². The number of ether oxygens (including phenoxy) is 1. The summed E-state index contributed by atoms with van der Waals surface area (Å²) in [6, 6.07) is 7.87. The number of nitrogens with one attached hydrogen (secondary N) is 2. The van der Waals surface area contributed by atoms with Crippen LogP contribution in [0.3, 0.4) is 0 Å². The minimum absolute atomic E-state index is 0. The maximum atomic E-state index is 11.4. The number of benzene rings is 1. The third kappa shape index (κ3) is 5.21. The number of halogens is 1. The predicted octanol–water partition coefficient (Wildman–Crippen LogP) is 1.33. The molecule has 7 heteroatoms. The van der Waals surface area contributed by atoms with Gasteiger partial charge in [0.15, 0.2) is 5.96 Å². The molecule has 2 rings (SSSR count). The van der Waals surface area contributed by atoms with Gasteiger partial charge >= 0.3 is 0 Å². The van der Waals surface area contributed by atoms with Crippen molar-refractivity contribution in [1.29, 1.82) is 0 Å². The van der Waals surface area contributed by atoms with Gasteiger partial charge in [-0.05, 0) is 6.07 Å². The smallest absolute Gasteiger partial charge is 0.242 e. The number of amides is 1. The Kier molecular flexibility index (Phi) is 7.72. The Bertz CT molecular complexity index is 548. The van der Waals surface area contributed by atoms with E-state index in [0.29, 0.717) is 13.2 Å². The SMILES string of the molecule is C=CCNC(=O)CN=C(N)NC1CCOc2ccccc21.I. The molecule has 1 atom stereocenters. The van der Waals surface area contributed by atoms with Gasteiger partial charge in [0.25, 0.3) is 0 Å². The maximum Gasteiger partial charge on any atom is 0.242 e. The fourth-order valence-corrected chi connectivity index (χ4v) is 2.12. The molecule has 0 saturated carbocycles. The van der Waals surface area contributed by atoms with Crippen molar-refractivity contribution < 1.29 is 9.53 Å². The number of guanidine groups is 1. The number of carbonyl (C=O) groups excluding carboxylic acids is 1. The molecule has 0 fully saturated rings. The summed E-state index contributed by atoms with van der Waals surface area (Å²) in [5, 5.41) is 5.77. The summed E-state index contributed by atoms with van der Waals surface area (Å²) in [5.41, 5.74) is 6.89. The molecule has 6 nitrogen and oxygen atoms in total. The Balaban J connectivity index is 0.00000242. The number of aliphatic imine (C=N–C) groups is 1. The summed E-state index contributed by atoms with van der Waals surface area (Å²) >= 11 is 0. The highest BCUT2D eigenvalue weighted by molar-refractivity contribution is 14.0. The molecule has 1 unspecified atom stereocenters.